The van der Waals surface area contributed by atoms with Crippen molar-refractivity contribution in [1.29, 1.82) is 0 Å². The minimum atomic E-state index is -0.592. The van der Waals surface area contributed by atoms with Gasteiger partial charge in [0, 0.05) is 23.4 Å². The summed E-state index contributed by atoms with van der Waals surface area (Å²) >= 11 is 8.84. The predicted molar refractivity (Wildman–Crippen MR) is 80.8 cm³/mol. The maximum Gasteiger partial charge on any atom is 0.259 e. The normalized spacial score (nSPS) is 10.2. The summed E-state index contributed by atoms with van der Waals surface area (Å²) in [5.41, 5.74) is 0.663. The van der Waals surface area contributed by atoms with Gasteiger partial charge in [-0.1, -0.05) is 11.6 Å². The van der Waals surface area contributed by atoms with Crippen molar-refractivity contribution in [2.24, 2.45) is 0 Å². The lowest BCUT2D eigenvalue weighted by molar-refractivity contribution is 0.102. The molecule has 2 rings (SSSR count). The predicted octanol–water partition coefficient (Wildman–Crippen LogP) is 3.93. The van der Waals surface area contributed by atoms with E-state index < -0.39 is 11.7 Å². The molecule has 2 aromatic rings. The van der Waals surface area contributed by atoms with Crippen LogP contribution in [0.2, 0.25) is 5.02 Å². The molecule has 0 aliphatic heterocycles. The Balaban J connectivity index is 2.27. The number of rotatable bonds is 3. The summed E-state index contributed by atoms with van der Waals surface area (Å²) < 4.78 is 14.0. The van der Waals surface area contributed by atoms with Crippen LogP contribution in [0.5, 0.6) is 0 Å². The van der Waals surface area contributed by atoms with E-state index >= 15 is 0 Å². The third-order valence-corrected chi connectivity index (χ3v) is 3.25. The fourth-order valence-corrected chi connectivity index (χ4v) is 2.03. The highest BCUT2D eigenvalue weighted by Gasteiger charge is 2.13. The van der Waals surface area contributed by atoms with Gasteiger partial charge in [-0.15, -0.1) is 0 Å². The van der Waals surface area contributed by atoms with E-state index in [1.54, 1.807) is 19.3 Å². The number of halogens is 3. The molecular weight excluding hydrogens is 349 g/mol. The Labute approximate surface area is 128 Å². The molecule has 1 heterocycles. The van der Waals surface area contributed by atoms with E-state index in [1.807, 2.05) is 0 Å². The number of carbonyl (C=O) groups is 1. The maximum absolute atomic E-state index is 13.3. The van der Waals surface area contributed by atoms with E-state index in [0.29, 0.717) is 21.5 Å². The largest absolute Gasteiger partial charge is 0.372 e. The molecule has 1 aromatic carbocycles. The number of hydrogen-bond donors (Lipinski definition) is 2. The molecule has 0 fully saturated rings. The van der Waals surface area contributed by atoms with Crippen LogP contribution < -0.4 is 10.6 Å². The van der Waals surface area contributed by atoms with Crippen molar-refractivity contribution >= 4 is 44.9 Å². The zero-order chi connectivity index (χ0) is 14.7. The Morgan fingerprint density at radius 1 is 1.40 bits per heavy atom. The summed E-state index contributed by atoms with van der Waals surface area (Å²) in [7, 11) is 1.66. The highest BCUT2D eigenvalue weighted by Crippen LogP contribution is 2.22. The molecule has 20 heavy (non-hydrogen) atoms. The van der Waals surface area contributed by atoms with Gasteiger partial charge in [-0.3, -0.25) is 4.79 Å². The van der Waals surface area contributed by atoms with Crippen molar-refractivity contribution in [3.8, 4) is 0 Å². The highest BCUT2D eigenvalue weighted by molar-refractivity contribution is 9.10. The SMILES string of the molecule is CNc1ncc(Br)cc1C(=O)Nc1ccc(Cl)c(F)c1. The average molecular weight is 359 g/mol. The second-order valence-electron chi connectivity index (χ2n) is 3.88. The third-order valence-electron chi connectivity index (χ3n) is 2.51. The molecular formula is C13H10BrClFN3O. The summed E-state index contributed by atoms with van der Waals surface area (Å²) in [5, 5.41) is 5.41. The van der Waals surface area contributed by atoms with Crippen LogP contribution in [0.3, 0.4) is 0 Å². The number of nitrogens with one attached hydrogen (secondary N) is 2. The first-order valence-corrected chi connectivity index (χ1v) is 6.78. The first-order valence-electron chi connectivity index (χ1n) is 5.61. The third kappa shape index (κ3) is 3.26. The molecule has 4 nitrogen and oxygen atoms in total. The quantitative estimate of drug-likeness (QED) is 0.874. The molecule has 0 aliphatic rings. The second kappa shape index (κ2) is 6.19. The van der Waals surface area contributed by atoms with Crippen LogP contribution >= 0.6 is 27.5 Å². The van der Waals surface area contributed by atoms with Gasteiger partial charge in [-0.25, -0.2) is 9.37 Å². The van der Waals surface area contributed by atoms with Crippen molar-refractivity contribution in [1.82, 2.24) is 4.98 Å². The molecule has 0 spiro atoms. The smallest absolute Gasteiger partial charge is 0.259 e. The van der Waals surface area contributed by atoms with Crippen LogP contribution in [0.1, 0.15) is 10.4 Å². The van der Waals surface area contributed by atoms with Crippen molar-refractivity contribution in [3.63, 3.8) is 0 Å². The lowest BCUT2D eigenvalue weighted by atomic mass is 10.2. The molecule has 7 heteroatoms. The van der Waals surface area contributed by atoms with Gasteiger partial charge >= 0.3 is 0 Å². The standard InChI is InChI=1S/C13H10BrClFN3O/c1-17-12-9(4-7(14)6-18-12)13(20)19-8-2-3-10(15)11(16)5-8/h2-6H,1H3,(H,17,18)(H,19,20). The number of pyridine rings is 1. The lowest BCUT2D eigenvalue weighted by Crippen LogP contribution is -2.15. The van der Waals surface area contributed by atoms with Gasteiger partial charge in [-0.05, 0) is 40.2 Å². The summed E-state index contributed by atoms with van der Waals surface area (Å²) in [6.45, 7) is 0. The van der Waals surface area contributed by atoms with Gasteiger partial charge in [0.25, 0.3) is 5.91 Å². The first kappa shape index (κ1) is 14.7. The summed E-state index contributed by atoms with van der Waals surface area (Å²) in [5.74, 6) is -0.560. The molecule has 0 radical (unpaired) electrons. The van der Waals surface area contributed by atoms with Gasteiger partial charge in [0.1, 0.15) is 11.6 Å². The molecule has 104 valence electrons. The minimum absolute atomic E-state index is 0.00281. The van der Waals surface area contributed by atoms with Gasteiger partial charge in [0.2, 0.25) is 0 Å². The van der Waals surface area contributed by atoms with Crippen molar-refractivity contribution in [2.75, 3.05) is 17.7 Å². The number of aromatic nitrogens is 1. The van der Waals surface area contributed by atoms with E-state index in [1.165, 1.54) is 12.1 Å². The molecule has 0 saturated heterocycles. The summed E-state index contributed by atoms with van der Waals surface area (Å²) in [6, 6.07) is 5.68. The monoisotopic (exact) mass is 357 g/mol. The molecule has 0 unspecified atom stereocenters. The molecule has 1 aromatic heterocycles. The van der Waals surface area contributed by atoms with Gasteiger partial charge < -0.3 is 10.6 Å². The lowest BCUT2D eigenvalue weighted by Gasteiger charge is -2.09. The number of anilines is 2. The Bertz CT molecular complexity index is 666. The van der Waals surface area contributed by atoms with E-state index in [-0.39, 0.29) is 5.02 Å². The van der Waals surface area contributed by atoms with Gasteiger partial charge in [0.15, 0.2) is 0 Å². The Kier molecular flexibility index (Phi) is 4.57. The summed E-state index contributed by atoms with van der Waals surface area (Å²) in [4.78, 5) is 16.3. The van der Waals surface area contributed by atoms with E-state index in [9.17, 15) is 9.18 Å². The fraction of sp³-hybridized carbons (Fsp3) is 0.0769. The summed E-state index contributed by atoms with van der Waals surface area (Å²) in [6.07, 6.45) is 1.57. The zero-order valence-corrected chi connectivity index (χ0v) is 12.7. The molecule has 0 aliphatic carbocycles. The number of carbonyl (C=O) groups excluding carboxylic acids is 1. The van der Waals surface area contributed by atoms with E-state index in [0.717, 1.165) is 6.07 Å². The number of amides is 1. The number of nitrogens with zero attached hydrogens (tertiary/aromatic N) is 1. The highest BCUT2D eigenvalue weighted by atomic mass is 79.9. The number of benzene rings is 1. The Morgan fingerprint density at radius 2 is 2.15 bits per heavy atom. The molecule has 0 bridgehead atoms. The molecule has 2 N–H and O–H groups in total. The van der Waals surface area contributed by atoms with Crippen LogP contribution in [-0.4, -0.2) is 17.9 Å². The fourth-order valence-electron chi connectivity index (χ4n) is 1.58. The number of hydrogen-bond acceptors (Lipinski definition) is 3. The van der Waals surface area contributed by atoms with Crippen molar-refractivity contribution in [2.45, 2.75) is 0 Å². The van der Waals surface area contributed by atoms with Crippen LogP contribution in [0, 0.1) is 5.82 Å². The minimum Gasteiger partial charge on any atom is -0.372 e. The van der Waals surface area contributed by atoms with Gasteiger partial charge in [-0.2, -0.15) is 0 Å². The molecule has 1 amide bonds. The first-order chi connectivity index (χ1) is 9.51. The Hall–Kier alpha value is -1.66. The van der Waals surface area contributed by atoms with Crippen molar-refractivity contribution < 1.29 is 9.18 Å². The second-order valence-corrected chi connectivity index (χ2v) is 5.21. The Morgan fingerprint density at radius 3 is 2.80 bits per heavy atom. The zero-order valence-electron chi connectivity index (χ0n) is 10.4. The average Bonchev–Trinajstić information content (AvgIpc) is 2.43. The topological polar surface area (TPSA) is 54.0 Å². The molecule has 0 saturated carbocycles. The molecule has 0 atom stereocenters. The van der Waals surface area contributed by atoms with Crippen LogP contribution in [0.15, 0.2) is 34.9 Å². The van der Waals surface area contributed by atoms with E-state index in [2.05, 4.69) is 31.5 Å². The van der Waals surface area contributed by atoms with Crippen molar-refractivity contribution in [3.05, 3.63) is 51.3 Å². The van der Waals surface area contributed by atoms with Crippen LogP contribution in [0.25, 0.3) is 0 Å². The maximum atomic E-state index is 13.3. The van der Waals surface area contributed by atoms with Crippen LogP contribution in [0.4, 0.5) is 15.9 Å². The van der Waals surface area contributed by atoms with E-state index in [4.69, 9.17) is 11.6 Å². The van der Waals surface area contributed by atoms with Crippen LogP contribution in [-0.2, 0) is 0 Å². The van der Waals surface area contributed by atoms with Gasteiger partial charge in [0.05, 0.1) is 10.6 Å².